The molecule has 0 radical (unpaired) electrons. The van der Waals surface area contributed by atoms with Crippen molar-refractivity contribution in [3.8, 4) is 0 Å². The molecule has 0 aromatic heterocycles. The molecule has 2 rings (SSSR count). The Kier molecular flexibility index (Phi) is 4.97. The maximum Gasteiger partial charge on any atom is 0.0675 e. The lowest BCUT2D eigenvalue weighted by atomic mass is 9.92. The first-order chi connectivity index (χ1) is 9.25. The number of benzene rings is 1. The van der Waals surface area contributed by atoms with Gasteiger partial charge in [0.25, 0.3) is 0 Å². The number of nitrogens with one attached hydrogen (secondary N) is 1. The summed E-state index contributed by atoms with van der Waals surface area (Å²) in [5, 5.41) is 13.5. The molecule has 0 saturated carbocycles. The number of nitrogens with zero attached hydrogens (tertiary/aromatic N) is 1. The highest BCUT2D eigenvalue weighted by Crippen LogP contribution is 2.36. The third-order valence-electron chi connectivity index (χ3n) is 4.41. The SMILES string of the molecule is CCN(CC)CCNC1(CO)CCc2ccccc21. The molecule has 19 heavy (non-hydrogen) atoms. The van der Waals surface area contributed by atoms with Crippen LogP contribution in [0.5, 0.6) is 0 Å². The van der Waals surface area contributed by atoms with E-state index < -0.39 is 0 Å². The van der Waals surface area contributed by atoms with Crippen LogP contribution in [0.15, 0.2) is 24.3 Å². The molecule has 1 atom stereocenters. The Hall–Kier alpha value is -0.900. The minimum absolute atomic E-state index is 0.183. The highest BCUT2D eigenvalue weighted by atomic mass is 16.3. The number of rotatable bonds is 7. The number of fused-ring (bicyclic) bond motifs is 1. The van der Waals surface area contributed by atoms with E-state index in [1.54, 1.807) is 0 Å². The van der Waals surface area contributed by atoms with Gasteiger partial charge < -0.3 is 15.3 Å². The maximum absolute atomic E-state index is 9.87. The van der Waals surface area contributed by atoms with Crippen molar-refractivity contribution in [1.29, 1.82) is 0 Å². The Morgan fingerprint density at radius 3 is 2.68 bits per heavy atom. The van der Waals surface area contributed by atoms with Crippen LogP contribution in [0.1, 0.15) is 31.4 Å². The number of aryl methyl sites for hydroxylation is 1. The average molecular weight is 262 g/mol. The fourth-order valence-electron chi connectivity index (χ4n) is 3.08. The number of aliphatic hydroxyl groups is 1. The topological polar surface area (TPSA) is 35.5 Å². The number of hydrogen-bond donors (Lipinski definition) is 2. The van der Waals surface area contributed by atoms with Gasteiger partial charge in [-0.3, -0.25) is 0 Å². The van der Waals surface area contributed by atoms with Crippen molar-refractivity contribution < 1.29 is 5.11 Å². The van der Waals surface area contributed by atoms with E-state index in [0.29, 0.717) is 0 Å². The molecule has 0 aliphatic heterocycles. The van der Waals surface area contributed by atoms with E-state index >= 15 is 0 Å². The van der Waals surface area contributed by atoms with Crippen LogP contribution < -0.4 is 5.32 Å². The molecule has 3 heteroatoms. The second kappa shape index (κ2) is 6.51. The van der Waals surface area contributed by atoms with Gasteiger partial charge in [-0.25, -0.2) is 0 Å². The Labute approximate surface area is 116 Å². The lowest BCUT2D eigenvalue weighted by Crippen LogP contribution is -2.47. The van der Waals surface area contributed by atoms with Gasteiger partial charge in [-0.05, 0) is 37.1 Å². The minimum atomic E-state index is -0.219. The fourth-order valence-corrected chi connectivity index (χ4v) is 3.08. The van der Waals surface area contributed by atoms with Crippen LogP contribution in [0.25, 0.3) is 0 Å². The molecular weight excluding hydrogens is 236 g/mol. The van der Waals surface area contributed by atoms with E-state index in [2.05, 4.69) is 48.3 Å². The number of aliphatic hydroxyl groups excluding tert-OH is 1. The van der Waals surface area contributed by atoms with Crippen molar-refractivity contribution in [2.45, 2.75) is 32.2 Å². The van der Waals surface area contributed by atoms with Gasteiger partial charge in [-0.2, -0.15) is 0 Å². The summed E-state index contributed by atoms with van der Waals surface area (Å²) in [5.41, 5.74) is 2.45. The summed E-state index contributed by atoms with van der Waals surface area (Å²) >= 11 is 0. The van der Waals surface area contributed by atoms with Crippen LogP contribution in [0, 0.1) is 0 Å². The second-order valence-electron chi connectivity index (χ2n) is 5.35. The molecule has 1 aliphatic rings. The molecule has 106 valence electrons. The minimum Gasteiger partial charge on any atom is -0.394 e. The van der Waals surface area contributed by atoms with Crippen molar-refractivity contribution in [3.63, 3.8) is 0 Å². The molecule has 0 amide bonds. The predicted molar refractivity (Wildman–Crippen MR) is 79.3 cm³/mol. The molecule has 0 heterocycles. The molecule has 0 fully saturated rings. The first-order valence-corrected chi connectivity index (χ1v) is 7.42. The first-order valence-electron chi connectivity index (χ1n) is 7.42. The summed E-state index contributed by atoms with van der Waals surface area (Å²) < 4.78 is 0. The van der Waals surface area contributed by atoms with Gasteiger partial charge in [-0.1, -0.05) is 38.1 Å². The van der Waals surface area contributed by atoms with Crippen LogP contribution in [0.2, 0.25) is 0 Å². The van der Waals surface area contributed by atoms with E-state index in [0.717, 1.165) is 39.0 Å². The van der Waals surface area contributed by atoms with E-state index in [9.17, 15) is 5.11 Å². The fraction of sp³-hybridized carbons (Fsp3) is 0.625. The summed E-state index contributed by atoms with van der Waals surface area (Å²) in [7, 11) is 0. The van der Waals surface area contributed by atoms with Crippen LogP contribution in [0.4, 0.5) is 0 Å². The predicted octanol–water partition coefficient (Wildman–Crippen LogP) is 1.75. The van der Waals surface area contributed by atoms with Crippen molar-refractivity contribution >= 4 is 0 Å². The molecule has 0 saturated heterocycles. The van der Waals surface area contributed by atoms with Gasteiger partial charge in [0.2, 0.25) is 0 Å². The lowest BCUT2D eigenvalue weighted by Gasteiger charge is -2.31. The van der Waals surface area contributed by atoms with E-state index in [1.165, 1.54) is 11.1 Å². The standard InChI is InChI=1S/C16H26N2O/c1-3-18(4-2)12-11-17-16(13-19)10-9-14-7-5-6-8-15(14)16/h5-8,17,19H,3-4,9-13H2,1-2H3. The molecule has 1 aromatic rings. The average Bonchev–Trinajstić information content (AvgIpc) is 2.83. The Bertz CT molecular complexity index is 403. The second-order valence-corrected chi connectivity index (χ2v) is 5.35. The third kappa shape index (κ3) is 2.99. The molecule has 1 unspecified atom stereocenters. The maximum atomic E-state index is 9.87. The van der Waals surface area contributed by atoms with Crippen molar-refractivity contribution in [2.24, 2.45) is 0 Å². The largest absolute Gasteiger partial charge is 0.394 e. The third-order valence-corrected chi connectivity index (χ3v) is 4.41. The van der Waals surface area contributed by atoms with Crippen LogP contribution in [-0.2, 0) is 12.0 Å². The smallest absolute Gasteiger partial charge is 0.0675 e. The molecule has 0 spiro atoms. The zero-order valence-corrected chi connectivity index (χ0v) is 12.2. The molecule has 1 aromatic carbocycles. The number of hydrogen-bond acceptors (Lipinski definition) is 3. The van der Waals surface area contributed by atoms with E-state index in [4.69, 9.17) is 0 Å². The van der Waals surface area contributed by atoms with Crippen molar-refractivity contribution in [1.82, 2.24) is 10.2 Å². The summed E-state index contributed by atoms with van der Waals surface area (Å²) in [6.07, 6.45) is 2.07. The molecule has 2 N–H and O–H groups in total. The highest BCUT2D eigenvalue weighted by molar-refractivity contribution is 5.38. The van der Waals surface area contributed by atoms with E-state index in [1.807, 2.05) is 0 Å². The lowest BCUT2D eigenvalue weighted by molar-refractivity contribution is 0.154. The Morgan fingerprint density at radius 1 is 1.26 bits per heavy atom. The van der Waals surface area contributed by atoms with Gasteiger partial charge in [-0.15, -0.1) is 0 Å². The molecule has 0 bridgehead atoms. The zero-order chi connectivity index (χ0) is 13.7. The normalized spacial score (nSPS) is 21.9. The van der Waals surface area contributed by atoms with Gasteiger partial charge in [0.1, 0.15) is 0 Å². The van der Waals surface area contributed by atoms with Gasteiger partial charge in [0, 0.05) is 13.1 Å². The molecule has 3 nitrogen and oxygen atoms in total. The summed E-state index contributed by atoms with van der Waals surface area (Å²) in [5.74, 6) is 0. The molecule has 1 aliphatic carbocycles. The van der Waals surface area contributed by atoms with Crippen LogP contribution in [-0.4, -0.2) is 42.8 Å². The monoisotopic (exact) mass is 262 g/mol. The quantitative estimate of drug-likeness (QED) is 0.786. The van der Waals surface area contributed by atoms with Gasteiger partial charge in [0.15, 0.2) is 0 Å². The van der Waals surface area contributed by atoms with Crippen molar-refractivity contribution in [2.75, 3.05) is 32.8 Å². The van der Waals surface area contributed by atoms with Gasteiger partial charge in [0.05, 0.1) is 12.1 Å². The summed E-state index contributed by atoms with van der Waals surface area (Å²) in [6, 6.07) is 8.49. The van der Waals surface area contributed by atoms with Crippen molar-refractivity contribution in [3.05, 3.63) is 35.4 Å². The summed E-state index contributed by atoms with van der Waals surface area (Å²) in [6.45, 7) is 8.70. The van der Waals surface area contributed by atoms with Crippen LogP contribution in [0.3, 0.4) is 0 Å². The highest BCUT2D eigenvalue weighted by Gasteiger charge is 2.37. The van der Waals surface area contributed by atoms with Crippen LogP contribution >= 0.6 is 0 Å². The molecular formula is C16H26N2O. The first kappa shape index (κ1) is 14.5. The van der Waals surface area contributed by atoms with E-state index in [-0.39, 0.29) is 12.1 Å². The Balaban J connectivity index is 2.01. The summed E-state index contributed by atoms with van der Waals surface area (Å²) in [4.78, 5) is 2.40. The van der Waals surface area contributed by atoms with Gasteiger partial charge >= 0.3 is 0 Å². The zero-order valence-electron chi connectivity index (χ0n) is 12.2. The number of likely N-dealkylation sites (N-methyl/N-ethyl adjacent to an activating group) is 1. The Morgan fingerprint density at radius 2 is 2.00 bits per heavy atom.